The average Bonchev–Trinajstić information content (AvgIpc) is 3.13. The molecule has 0 saturated heterocycles. The van der Waals surface area contributed by atoms with Crippen molar-refractivity contribution in [1.29, 1.82) is 0 Å². The van der Waals surface area contributed by atoms with E-state index in [0.717, 1.165) is 0 Å². The van der Waals surface area contributed by atoms with E-state index in [1.165, 1.54) is 0 Å². The summed E-state index contributed by atoms with van der Waals surface area (Å²) in [4.78, 5) is 25.2. The summed E-state index contributed by atoms with van der Waals surface area (Å²) >= 11 is 0. The maximum atomic E-state index is 12.7. The van der Waals surface area contributed by atoms with E-state index in [2.05, 4.69) is 10.6 Å². The van der Waals surface area contributed by atoms with Gasteiger partial charge in [0.15, 0.2) is 11.5 Å². The van der Waals surface area contributed by atoms with Gasteiger partial charge in [0.2, 0.25) is 12.7 Å². The highest BCUT2D eigenvalue weighted by Gasteiger charge is 2.25. The molecule has 0 saturated carbocycles. The lowest BCUT2D eigenvalue weighted by Gasteiger charge is -2.22. The van der Waals surface area contributed by atoms with Gasteiger partial charge in [0, 0.05) is 17.3 Å². The number of amides is 2. The van der Waals surface area contributed by atoms with Gasteiger partial charge >= 0.3 is 0 Å². The van der Waals surface area contributed by atoms with Crippen LogP contribution in [0.3, 0.4) is 0 Å². The molecule has 2 amide bonds. The van der Waals surface area contributed by atoms with Gasteiger partial charge in [0.25, 0.3) is 5.91 Å². The van der Waals surface area contributed by atoms with Crippen LogP contribution in [-0.4, -0.2) is 31.8 Å². The zero-order valence-corrected chi connectivity index (χ0v) is 15.4. The first-order valence-corrected chi connectivity index (χ1v) is 8.63. The molecular formula is C20H22N2O5. The highest BCUT2D eigenvalue weighted by Crippen LogP contribution is 2.34. The summed E-state index contributed by atoms with van der Waals surface area (Å²) in [5.41, 5.74) is 1.03. The van der Waals surface area contributed by atoms with Crippen LogP contribution in [-0.2, 0) is 4.79 Å². The van der Waals surface area contributed by atoms with E-state index in [-0.39, 0.29) is 24.5 Å². The van der Waals surface area contributed by atoms with Crippen LogP contribution < -0.4 is 24.8 Å². The molecule has 142 valence electrons. The highest BCUT2D eigenvalue weighted by atomic mass is 16.7. The molecule has 2 aromatic rings. The third kappa shape index (κ3) is 4.31. The van der Waals surface area contributed by atoms with E-state index < -0.39 is 6.04 Å². The minimum absolute atomic E-state index is 0.0961. The molecule has 0 radical (unpaired) electrons. The fourth-order valence-electron chi connectivity index (χ4n) is 2.70. The number of ether oxygens (including phenoxy) is 3. The minimum atomic E-state index is -0.690. The second-order valence-electron chi connectivity index (χ2n) is 6.48. The minimum Gasteiger partial charge on any atom is -0.497 e. The maximum Gasteiger partial charge on any atom is 0.251 e. The van der Waals surface area contributed by atoms with Gasteiger partial charge in [-0.3, -0.25) is 9.59 Å². The Kier molecular flexibility index (Phi) is 5.49. The Morgan fingerprint density at radius 3 is 2.41 bits per heavy atom. The van der Waals surface area contributed by atoms with Crippen molar-refractivity contribution < 1.29 is 23.8 Å². The molecule has 7 nitrogen and oxygen atoms in total. The monoisotopic (exact) mass is 370 g/mol. The molecule has 0 aromatic heterocycles. The Morgan fingerprint density at radius 1 is 1.04 bits per heavy atom. The third-order valence-electron chi connectivity index (χ3n) is 4.23. The number of hydrogen-bond acceptors (Lipinski definition) is 5. The van der Waals surface area contributed by atoms with Crippen LogP contribution in [0, 0.1) is 5.92 Å². The fraction of sp³-hybridized carbons (Fsp3) is 0.300. The van der Waals surface area contributed by atoms with Crippen LogP contribution in [0.4, 0.5) is 5.69 Å². The van der Waals surface area contributed by atoms with Gasteiger partial charge in [-0.1, -0.05) is 13.8 Å². The molecule has 3 rings (SSSR count). The van der Waals surface area contributed by atoms with Gasteiger partial charge in [-0.15, -0.1) is 0 Å². The van der Waals surface area contributed by atoms with E-state index in [4.69, 9.17) is 14.2 Å². The molecule has 2 aromatic carbocycles. The molecule has 0 bridgehead atoms. The zero-order chi connectivity index (χ0) is 19.4. The molecule has 27 heavy (non-hydrogen) atoms. The van der Waals surface area contributed by atoms with Crippen LogP contribution in [0.15, 0.2) is 42.5 Å². The number of carbonyl (C=O) groups excluding carboxylic acids is 2. The molecular weight excluding hydrogens is 348 g/mol. The molecule has 1 aliphatic rings. The van der Waals surface area contributed by atoms with E-state index in [1.54, 1.807) is 49.6 Å². The van der Waals surface area contributed by atoms with Crippen molar-refractivity contribution in [2.45, 2.75) is 19.9 Å². The summed E-state index contributed by atoms with van der Waals surface area (Å²) in [5.74, 6) is 1.16. The molecule has 1 aliphatic heterocycles. The summed E-state index contributed by atoms with van der Waals surface area (Å²) in [6, 6.07) is 11.2. The Balaban J connectivity index is 1.68. The largest absolute Gasteiger partial charge is 0.497 e. The predicted molar refractivity (Wildman–Crippen MR) is 100 cm³/mol. The lowest BCUT2D eigenvalue weighted by atomic mass is 10.0. The number of fused-ring (bicyclic) bond motifs is 1. The number of methoxy groups -OCH3 is 1. The van der Waals surface area contributed by atoms with Crippen LogP contribution in [0.5, 0.6) is 17.2 Å². The van der Waals surface area contributed by atoms with Gasteiger partial charge in [-0.05, 0) is 42.3 Å². The number of rotatable bonds is 6. The Labute approximate surface area is 157 Å². The maximum absolute atomic E-state index is 12.7. The van der Waals surface area contributed by atoms with Crippen molar-refractivity contribution in [3.63, 3.8) is 0 Å². The quantitative estimate of drug-likeness (QED) is 0.817. The molecule has 2 N–H and O–H groups in total. The lowest BCUT2D eigenvalue weighted by Crippen LogP contribution is -2.47. The Bertz CT molecular complexity index is 833. The summed E-state index contributed by atoms with van der Waals surface area (Å²) in [7, 11) is 1.56. The molecule has 0 aliphatic carbocycles. The van der Waals surface area contributed by atoms with Crippen molar-refractivity contribution in [2.75, 3.05) is 19.2 Å². The molecule has 0 unspecified atom stereocenters. The predicted octanol–water partition coefficient (Wildman–Crippen LogP) is 2.82. The molecule has 0 fully saturated rings. The van der Waals surface area contributed by atoms with E-state index in [0.29, 0.717) is 28.5 Å². The van der Waals surface area contributed by atoms with Gasteiger partial charge in [0.1, 0.15) is 11.8 Å². The lowest BCUT2D eigenvalue weighted by molar-refractivity contribution is -0.118. The topological polar surface area (TPSA) is 85.9 Å². The normalized spacial score (nSPS) is 13.2. The summed E-state index contributed by atoms with van der Waals surface area (Å²) in [6.45, 7) is 3.91. The standard InChI is InChI=1S/C20H22N2O5/c1-12(2)18(22-19(23)13-4-7-15(25-3)8-5-13)20(24)21-14-6-9-16-17(10-14)27-11-26-16/h4-10,12,18H,11H2,1-3H3,(H,21,24)(H,22,23)/t18-/m0/s1. The highest BCUT2D eigenvalue weighted by molar-refractivity contribution is 6.01. The summed E-state index contributed by atoms with van der Waals surface area (Å²) in [5, 5.41) is 5.61. The summed E-state index contributed by atoms with van der Waals surface area (Å²) < 4.78 is 15.7. The SMILES string of the molecule is COc1ccc(C(=O)N[C@H](C(=O)Nc2ccc3c(c2)OCO3)C(C)C)cc1. The summed E-state index contributed by atoms with van der Waals surface area (Å²) in [6.07, 6.45) is 0. The average molecular weight is 370 g/mol. The first-order valence-electron chi connectivity index (χ1n) is 8.63. The van der Waals surface area contributed by atoms with Gasteiger partial charge in [0.05, 0.1) is 7.11 Å². The Hall–Kier alpha value is -3.22. The van der Waals surface area contributed by atoms with E-state index >= 15 is 0 Å². The van der Waals surface area contributed by atoms with Crippen molar-refractivity contribution in [3.05, 3.63) is 48.0 Å². The van der Waals surface area contributed by atoms with Crippen molar-refractivity contribution in [1.82, 2.24) is 5.32 Å². The van der Waals surface area contributed by atoms with E-state index in [9.17, 15) is 9.59 Å². The van der Waals surface area contributed by atoms with Crippen LogP contribution in [0.2, 0.25) is 0 Å². The van der Waals surface area contributed by atoms with Crippen molar-refractivity contribution in [3.8, 4) is 17.2 Å². The van der Waals surface area contributed by atoms with Crippen molar-refractivity contribution in [2.24, 2.45) is 5.92 Å². The molecule has 1 atom stereocenters. The second kappa shape index (κ2) is 7.99. The number of benzene rings is 2. The van der Waals surface area contributed by atoms with Gasteiger partial charge in [-0.2, -0.15) is 0 Å². The first kappa shape index (κ1) is 18.6. The Morgan fingerprint density at radius 2 is 1.74 bits per heavy atom. The van der Waals surface area contributed by atoms with E-state index in [1.807, 2.05) is 13.8 Å². The number of nitrogens with one attached hydrogen (secondary N) is 2. The number of anilines is 1. The molecule has 7 heteroatoms. The molecule has 1 heterocycles. The van der Waals surface area contributed by atoms with Crippen LogP contribution in [0.25, 0.3) is 0 Å². The third-order valence-corrected chi connectivity index (χ3v) is 4.23. The second-order valence-corrected chi connectivity index (χ2v) is 6.48. The first-order chi connectivity index (χ1) is 13.0. The van der Waals surface area contributed by atoms with Crippen LogP contribution in [0.1, 0.15) is 24.2 Å². The fourth-order valence-corrected chi connectivity index (χ4v) is 2.70. The number of carbonyl (C=O) groups is 2. The van der Waals surface area contributed by atoms with Crippen molar-refractivity contribution >= 4 is 17.5 Å². The van der Waals surface area contributed by atoms with Gasteiger partial charge in [-0.25, -0.2) is 0 Å². The number of hydrogen-bond donors (Lipinski definition) is 2. The smallest absolute Gasteiger partial charge is 0.251 e. The zero-order valence-electron chi connectivity index (χ0n) is 15.4. The van der Waals surface area contributed by atoms with Crippen LogP contribution >= 0.6 is 0 Å². The molecule has 0 spiro atoms. The van der Waals surface area contributed by atoms with Gasteiger partial charge < -0.3 is 24.8 Å².